The van der Waals surface area contributed by atoms with Crippen LogP contribution in [0.5, 0.6) is 0 Å². The van der Waals surface area contributed by atoms with Crippen LogP contribution in [0.4, 0.5) is 0 Å². The lowest BCUT2D eigenvalue weighted by Crippen LogP contribution is -2.28. The molecule has 0 saturated heterocycles. The van der Waals surface area contributed by atoms with Gasteiger partial charge in [0.25, 0.3) is 0 Å². The number of rotatable bonds is 7. The Morgan fingerprint density at radius 2 is 2.11 bits per heavy atom. The highest BCUT2D eigenvalue weighted by molar-refractivity contribution is 7.89. The van der Waals surface area contributed by atoms with Crippen molar-refractivity contribution in [2.75, 3.05) is 27.3 Å². The highest BCUT2D eigenvalue weighted by atomic mass is 32.2. The van der Waals surface area contributed by atoms with Gasteiger partial charge in [-0.25, -0.2) is 12.7 Å². The summed E-state index contributed by atoms with van der Waals surface area (Å²) in [6.07, 6.45) is 0.645. The summed E-state index contributed by atoms with van der Waals surface area (Å²) in [5.41, 5.74) is 0.585. The lowest BCUT2D eigenvalue weighted by Gasteiger charge is -2.17. The van der Waals surface area contributed by atoms with Gasteiger partial charge in [0.05, 0.1) is 11.5 Å². The first kappa shape index (κ1) is 15.1. The molecule has 1 aromatic carbocycles. The molecule has 0 aliphatic rings. The first-order chi connectivity index (χ1) is 8.52. The second-order valence-electron chi connectivity index (χ2n) is 3.98. The Balaban J connectivity index is 2.84. The average molecular weight is 273 g/mol. The Hall–Kier alpha value is -0.950. The number of methoxy groups -OCH3 is 1. The first-order valence-electron chi connectivity index (χ1n) is 5.67. The van der Waals surface area contributed by atoms with E-state index in [4.69, 9.17) is 9.84 Å². The van der Waals surface area contributed by atoms with Crippen molar-refractivity contribution in [3.8, 4) is 0 Å². The largest absolute Gasteiger partial charge is 0.392 e. The van der Waals surface area contributed by atoms with Crippen LogP contribution in [0.3, 0.4) is 0 Å². The van der Waals surface area contributed by atoms with Crippen LogP contribution in [0.2, 0.25) is 0 Å². The molecule has 1 N–H and O–H groups in total. The molecular formula is C12H19NO4S. The maximum absolute atomic E-state index is 12.2. The van der Waals surface area contributed by atoms with Gasteiger partial charge < -0.3 is 9.84 Å². The summed E-state index contributed by atoms with van der Waals surface area (Å²) in [5.74, 6) is 0. The van der Waals surface area contributed by atoms with Crippen LogP contribution in [0.15, 0.2) is 29.2 Å². The van der Waals surface area contributed by atoms with Crippen molar-refractivity contribution in [3.05, 3.63) is 29.8 Å². The van der Waals surface area contributed by atoms with Crippen molar-refractivity contribution in [1.29, 1.82) is 0 Å². The zero-order valence-electron chi connectivity index (χ0n) is 10.7. The predicted molar refractivity (Wildman–Crippen MR) is 68.7 cm³/mol. The van der Waals surface area contributed by atoms with Crippen molar-refractivity contribution in [1.82, 2.24) is 4.31 Å². The SMILES string of the molecule is COCCCN(C)S(=O)(=O)c1cccc(CO)c1. The van der Waals surface area contributed by atoms with E-state index in [2.05, 4.69) is 0 Å². The minimum Gasteiger partial charge on any atom is -0.392 e. The Morgan fingerprint density at radius 1 is 1.39 bits per heavy atom. The first-order valence-corrected chi connectivity index (χ1v) is 7.11. The van der Waals surface area contributed by atoms with Crippen molar-refractivity contribution in [3.63, 3.8) is 0 Å². The monoisotopic (exact) mass is 273 g/mol. The van der Waals surface area contributed by atoms with Crippen LogP contribution in [-0.2, 0) is 21.4 Å². The summed E-state index contributed by atoms with van der Waals surface area (Å²) in [7, 11) is -0.365. The van der Waals surface area contributed by atoms with Crippen molar-refractivity contribution in [2.45, 2.75) is 17.9 Å². The van der Waals surface area contributed by atoms with E-state index >= 15 is 0 Å². The molecule has 0 bridgehead atoms. The molecular weight excluding hydrogens is 254 g/mol. The normalized spacial score (nSPS) is 12.0. The molecule has 0 aliphatic heterocycles. The van der Waals surface area contributed by atoms with Crippen LogP contribution >= 0.6 is 0 Å². The van der Waals surface area contributed by atoms with Gasteiger partial charge in [0, 0.05) is 27.3 Å². The third kappa shape index (κ3) is 3.78. The molecule has 0 atom stereocenters. The van der Waals surface area contributed by atoms with E-state index in [1.165, 1.54) is 23.5 Å². The number of aliphatic hydroxyl groups is 1. The van der Waals surface area contributed by atoms with Crippen molar-refractivity contribution < 1.29 is 18.3 Å². The quantitative estimate of drug-likeness (QED) is 0.747. The molecule has 5 nitrogen and oxygen atoms in total. The lowest BCUT2D eigenvalue weighted by molar-refractivity contribution is 0.189. The summed E-state index contributed by atoms with van der Waals surface area (Å²) in [4.78, 5) is 0.203. The zero-order chi connectivity index (χ0) is 13.6. The van der Waals surface area contributed by atoms with Crippen molar-refractivity contribution in [2.24, 2.45) is 0 Å². The summed E-state index contributed by atoms with van der Waals surface area (Å²) < 4.78 is 30.6. The fourth-order valence-electron chi connectivity index (χ4n) is 1.54. The van der Waals surface area contributed by atoms with Gasteiger partial charge >= 0.3 is 0 Å². The Kier molecular flexibility index (Phi) is 5.74. The summed E-state index contributed by atoms with van der Waals surface area (Å²) >= 11 is 0. The summed E-state index contributed by atoms with van der Waals surface area (Å²) in [6.45, 7) is 0.757. The second kappa shape index (κ2) is 6.84. The number of benzene rings is 1. The molecule has 6 heteroatoms. The molecule has 0 unspecified atom stereocenters. The van der Waals surface area contributed by atoms with E-state index in [9.17, 15) is 8.42 Å². The number of ether oxygens (including phenoxy) is 1. The predicted octanol–water partition coefficient (Wildman–Crippen LogP) is 0.836. The third-order valence-electron chi connectivity index (χ3n) is 2.61. The molecule has 0 spiro atoms. The standard InChI is InChI=1S/C12H19NO4S/c1-13(7-4-8-17-2)18(15,16)12-6-3-5-11(9-12)10-14/h3,5-6,9,14H,4,7-8,10H2,1-2H3. The van der Waals surface area contributed by atoms with Gasteiger partial charge in [0.1, 0.15) is 0 Å². The molecule has 0 radical (unpaired) electrons. The average Bonchev–Trinajstić information content (AvgIpc) is 2.39. The maximum Gasteiger partial charge on any atom is 0.242 e. The molecule has 102 valence electrons. The van der Waals surface area contributed by atoms with E-state index in [0.717, 1.165) is 0 Å². The second-order valence-corrected chi connectivity index (χ2v) is 6.02. The van der Waals surface area contributed by atoms with Crippen molar-refractivity contribution >= 4 is 10.0 Å². The molecule has 0 saturated carbocycles. The van der Waals surface area contributed by atoms with Crippen LogP contribution < -0.4 is 0 Å². The fraction of sp³-hybridized carbons (Fsp3) is 0.500. The molecule has 0 aromatic heterocycles. The van der Waals surface area contributed by atoms with Gasteiger partial charge in [0.2, 0.25) is 10.0 Å². The van der Waals surface area contributed by atoms with Crippen LogP contribution in [0, 0.1) is 0 Å². The molecule has 18 heavy (non-hydrogen) atoms. The summed E-state index contributed by atoms with van der Waals surface area (Å²) in [6, 6.07) is 6.33. The van der Waals surface area contributed by atoms with E-state index in [-0.39, 0.29) is 11.5 Å². The van der Waals surface area contributed by atoms with Crippen LogP contribution in [0.1, 0.15) is 12.0 Å². The van der Waals surface area contributed by atoms with E-state index in [1.807, 2.05) is 0 Å². The number of hydrogen-bond donors (Lipinski definition) is 1. The van der Waals surface area contributed by atoms with E-state index < -0.39 is 10.0 Å². The highest BCUT2D eigenvalue weighted by Crippen LogP contribution is 2.16. The van der Waals surface area contributed by atoms with Crippen LogP contribution in [0.25, 0.3) is 0 Å². The zero-order valence-corrected chi connectivity index (χ0v) is 11.5. The summed E-state index contributed by atoms with van der Waals surface area (Å²) in [5, 5.41) is 9.01. The maximum atomic E-state index is 12.2. The van der Waals surface area contributed by atoms with E-state index in [1.54, 1.807) is 19.2 Å². The van der Waals surface area contributed by atoms with Gasteiger partial charge in [-0.05, 0) is 24.1 Å². The lowest BCUT2D eigenvalue weighted by atomic mass is 10.2. The highest BCUT2D eigenvalue weighted by Gasteiger charge is 2.20. The van der Waals surface area contributed by atoms with Crippen LogP contribution in [-0.4, -0.2) is 45.1 Å². The van der Waals surface area contributed by atoms with Gasteiger partial charge in [-0.1, -0.05) is 12.1 Å². The molecule has 1 aromatic rings. The molecule has 0 amide bonds. The van der Waals surface area contributed by atoms with Gasteiger partial charge in [-0.3, -0.25) is 0 Å². The van der Waals surface area contributed by atoms with Gasteiger partial charge in [-0.15, -0.1) is 0 Å². The fourth-order valence-corrected chi connectivity index (χ4v) is 2.82. The van der Waals surface area contributed by atoms with Gasteiger partial charge in [0.15, 0.2) is 0 Å². The number of sulfonamides is 1. The third-order valence-corrected chi connectivity index (χ3v) is 4.46. The van der Waals surface area contributed by atoms with E-state index in [0.29, 0.717) is 25.1 Å². The topological polar surface area (TPSA) is 66.8 Å². The minimum atomic E-state index is -3.49. The number of hydrogen-bond acceptors (Lipinski definition) is 4. The van der Waals surface area contributed by atoms with Gasteiger partial charge in [-0.2, -0.15) is 0 Å². The molecule has 0 fully saturated rings. The Bertz CT molecular complexity index is 473. The Morgan fingerprint density at radius 3 is 2.72 bits per heavy atom. The smallest absolute Gasteiger partial charge is 0.242 e. The molecule has 1 rings (SSSR count). The Labute approximate surface area is 108 Å². The number of nitrogens with zero attached hydrogens (tertiary/aromatic N) is 1. The molecule has 0 heterocycles. The number of aliphatic hydroxyl groups excluding tert-OH is 1. The molecule has 0 aliphatic carbocycles. The minimum absolute atomic E-state index is 0.170.